The van der Waals surface area contributed by atoms with Crippen molar-refractivity contribution >= 4 is 44.9 Å². The molecule has 0 spiro atoms. The van der Waals surface area contributed by atoms with Crippen molar-refractivity contribution in [2.75, 3.05) is 25.0 Å². The van der Waals surface area contributed by atoms with Crippen LogP contribution < -0.4 is 11.1 Å². The minimum atomic E-state index is -0.274. The Hall–Kier alpha value is -1.44. The highest BCUT2D eigenvalue weighted by atomic mass is 35.5. The van der Waals surface area contributed by atoms with E-state index in [4.69, 9.17) is 17.3 Å². The van der Waals surface area contributed by atoms with Crippen molar-refractivity contribution in [1.29, 1.82) is 0 Å². The Kier molecular flexibility index (Phi) is 4.23. The number of likely N-dealkylation sites (tertiary alicyclic amines) is 1. The monoisotopic (exact) mass is 325 g/mol. The minimum Gasteiger partial charge on any atom is -0.369 e. The van der Waals surface area contributed by atoms with Crippen LogP contribution in [-0.2, 0) is 4.79 Å². The number of anilines is 1. The third kappa shape index (κ3) is 3.42. The Labute approximate surface area is 131 Å². The second kappa shape index (κ2) is 6.13. The number of nitrogens with two attached hydrogens (primary N) is 1. The molecule has 0 aromatic carbocycles. The van der Waals surface area contributed by atoms with Crippen LogP contribution >= 0.6 is 22.9 Å². The summed E-state index contributed by atoms with van der Waals surface area (Å²) in [6, 6.07) is 2.32. The fourth-order valence-electron chi connectivity index (χ4n) is 2.59. The number of amides is 1. The van der Waals surface area contributed by atoms with Gasteiger partial charge in [-0.25, -0.2) is 9.97 Å². The van der Waals surface area contributed by atoms with Crippen LogP contribution in [0.4, 0.5) is 5.82 Å². The fraction of sp³-hybridized carbons (Fsp3) is 0.462. The molecule has 1 aliphatic heterocycles. The van der Waals surface area contributed by atoms with Gasteiger partial charge in [-0.3, -0.25) is 9.69 Å². The third-order valence-electron chi connectivity index (χ3n) is 3.61. The van der Waals surface area contributed by atoms with Gasteiger partial charge >= 0.3 is 0 Å². The van der Waals surface area contributed by atoms with E-state index in [2.05, 4.69) is 20.2 Å². The summed E-state index contributed by atoms with van der Waals surface area (Å²) in [5.74, 6) is 0.517. The van der Waals surface area contributed by atoms with E-state index in [-0.39, 0.29) is 11.2 Å². The van der Waals surface area contributed by atoms with Crippen LogP contribution in [0.3, 0.4) is 0 Å². The number of thiophene rings is 1. The van der Waals surface area contributed by atoms with Crippen molar-refractivity contribution in [3.05, 3.63) is 16.7 Å². The number of carbonyl (C=O) groups is 1. The summed E-state index contributed by atoms with van der Waals surface area (Å²) in [6.07, 6.45) is 1.89. The summed E-state index contributed by atoms with van der Waals surface area (Å²) < 4.78 is 0. The number of fused-ring (bicyclic) bond motifs is 1. The van der Waals surface area contributed by atoms with Crippen molar-refractivity contribution < 1.29 is 4.79 Å². The molecule has 0 unspecified atom stereocenters. The Morgan fingerprint density at radius 1 is 1.48 bits per heavy atom. The molecule has 3 N–H and O–H groups in total. The first-order chi connectivity index (χ1) is 10.1. The van der Waals surface area contributed by atoms with E-state index in [0.717, 1.165) is 42.0 Å². The van der Waals surface area contributed by atoms with E-state index in [1.165, 1.54) is 0 Å². The highest BCUT2D eigenvalue weighted by Crippen LogP contribution is 2.28. The van der Waals surface area contributed by atoms with Crippen LogP contribution in [0.5, 0.6) is 0 Å². The SMILES string of the molecule is NC(=O)CN1CCC(Nc2nc(Cl)nc3sccc23)CC1. The topological polar surface area (TPSA) is 84.1 Å². The number of rotatable bonds is 4. The Balaban J connectivity index is 1.67. The van der Waals surface area contributed by atoms with Gasteiger partial charge < -0.3 is 11.1 Å². The largest absolute Gasteiger partial charge is 0.369 e. The van der Waals surface area contributed by atoms with Crippen LogP contribution in [0, 0.1) is 0 Å². The number of nitrogens with one attached hydrogen (secondary N) is 1. The van der Waals surface area contributed by atoms with Gasteiger partial charge in [0, 0.05) is 19.1 Å². The summed E-state index contributed by atoms with van der Waals surface area (Å²) >= 11 is 7.51. The molecule has 3 rings (SSSR count). The molecule has 0 radical (unpaired) electrons. The molecule has 6 nitrogen and oxygen atoms in total. The highest BCUT2D eigenvalue weighted by molar-refractivity contribution is 7.16. The van der Waals surface area contributed by atoms with Crippen molar-refractivity contribution in [3.63, 3.8) is 0 Å². The second-order valence-corrected chi connectivity index (χ2v) is 6.37. The molecule has 1 amide bonds. The number of hydrogen-bond donors (Lipinski definition) is 2. The molecule has 0 saturated carbocycles. The van der Waals surface area contributed by atoms with Gasteiger partial charge in [-0.05, 0) is 35.9 Å². The molecule has 21 heavy (non-hydrogen) atoms. The molecule has 2 aromatic heterocycles. The van der Waals surface area contributed by atoms with Gasteiger partial charge in [0.15, 0.2) is 0 Å². The summed E-state index contributed by atoms with van der Waals surface area (Å²) in [4.78, 5) is 22.4. The number of primary amides is 1. The molecule has 0 bridgehead atoms. The quantitative estimate of drug-likeness (QED) is 0.836. The molecule has 3 heterocycles. The Morgan fingerprint density at radius 2 is 2.24 bits per heavy atom. The van der Waals surface area contributed by atoms with Crippen molar-refractivity contribution in [2.45, 2.75) is 18.9 Å². The number of carbonyl (C=O) groups excluding carboxylic acids is 1. The molecular weight excluding hydrogens is 310 g/mol. The first-order valence-electron chi connectivity index (χ1n) is 6.80. The zero-order chi connectivity index (χ0) is 14.8. The van der Waals surface area contributed by atoms with E-state index in [1.807, 2.05) is 11.4 Å². The molecule has 1 aliphatic rings. The summed E-state index contributed by atoms with van der Waals surface area (Å²) in [5.41, 5.74) is 5.22. The van der Waals surface area contributed by atoms with Gasteiger partial charge in [0.2, 0.25) is 11.2 Å². The van der Waals surface area contributed by atoms with Gasteiger partial charge in [0.1, 0.15) is 10.6 Å². The fourth-order valence-corrected chi connectivity index (χ4v) is 3.57. The van der Waals surface area contributed by atoms with Crippen molar-refractivity contribution in [3.8, 4) is 0 Å². The number of aromatic nitrogens is 2. The van der Waals surface area contributed by atoms with E-state index in [1.54, 1.807) is 11.3 Å². The van der Waals surface area contributed by atoms with Crippen LogP contribution in [0.2, 0.25) is 5.28 Å². The number of nitrogens with zero attached hydrogens (tertiary/aromatic N) is 3. The molecule has 1 saturated heterocycles. The van der Waals surface area contributed by atoms with Crippen molar-refractivity contribution in [2.24, 2.45) is 5.73 Å². The predicted molar refractivity (Wildman–Crippen MR) is 84.7 cm³/mol. The average molecular weight is 326 g/mol. The summed E-state index contributed by atoms with van der Waals surface area (Å²) in [7, 11) is 0. The number of halogens is 1. The summed E-state index contributed by atoms with van der Waals surface area (Å²) in [6.45, 7) is 2.04. The maximum absolute atomic E-state index is 10.9. The molecule has 2 aromatic rings. The van der Waals surface area contributed by atoms with E-state index in [9.17, 15) is 4.79 Å². The lowest BCUT2D eigenvalue weighted by Gasteiger charge is -2.31. The standard InChI is InChI=1S/C13H16ClN5OS/c14-13-17-11(9-3-6-21-12(9)18-13)16-8-1-4-19(5-2-8)7-10(15)20/h3,6,8H,1-2,4-5,7H2,(H2,15,20)(H,16,17,18). The van der Waals surface area contributed by atoms with E-state index < -0.39 is 0 Å². The zero-order valence-corrected chi connectivity index (χ0v) is 13.0. The number of piperidine rings is 1. The lowest BCUT2D eigenvalue weighted by Crippen LogP contribution is -2.43. The molecule has 112 valence electrons. The van der Waals surface area contributed by atoms with Gasteiger partial charge in [0.25, 0.3) is 0 Å². The van der Waals surface area contributed by atoms with Crippen LogP contribution in [0.1, 0.15) is 12.8 Å². The Morgan fingerprint density at radius 3 is 2.95 bits per heavy atom. The molecule has 8 heteroatoms. The van der Waals surface area contributed by atoms with E-state index in [0.29, 0.717) is 12.6 Å². The maximum Gasteiger partial charge on any atom is 0.231 e. The number of hydrogen-bond acceptors (Lipinski definition) is 6. The highest BCUT2D eigenvalue weighted by Gasteiger charge is 2.21. The van der Waals surface area contributed by atoms with Gasteiger partial charge in [-0.2, -0.15) is 0 Å². The molecular formula is C13H16ClN5OS. The normalized spacial score (nSPS) is 17.2. The van der Waals surface area contributed by atoms with E-state index >= 15 is 0 Å². The maximum atomic E-state index is 10.9. The lowest BCUT2D eigenvalue weighted by atomic mass is 10.0. The first-order valence-corrected chi connectivity index (χ1v) is 8.05. The van der Waals surface area contributed by atoms with Gasteiger partial charge in [-0.1, -0.05) is 0 Å². The molecule has 1 fully saturated rings. The summed E-state index contributed by atoms with van der Waals surface area (Å²) in [5, 5.41) is 6.70. The van der Waals surface area contributed by atoms with Crippen LogP contribution in [0.25, 0.3) is 10.2 Å². The molecule has 0 atom stereocenters. The third-order valence-corrected chi connectivity index (χ3v) is 4.58. The lowest BCUT2D eigenvalue weighted by molar-refractivity contribution is -0.119. The molecule has 0 aliphatic carbocycles. The minimum absolute atomic E-state index is 0.263. The smallest absolute Gasteiger partial charge is 0.231 e. The van der Waals surface area contributed by atoms with Crippen LogP contribution in [0.15, 0.2) is 11.4 Å². The zero-order valence-electron chi connectivity index (χ0n) is 11.4. The Bertz CT molecular complexity index is 653. The first kappa shape index (κ1) is 14.5. The second-order valence-electron chi connectivity index (χ2n) is 5.14. The predicted octanol–water partition coefficient (Wildman–Crippen LogP) is 1.71. The van der Waals surface area contributed by atoms with Crippen molar-refractivity contribution in [1.82, 2.24) is 14.9 Å². The van der Waals surface area contributed by atoms with Gasteiger partial charge in [-0.15, -0.1) is 11.3 Å². The van der Waals surface area contributed by atoms with Gasteiger partial charge in [0.05, 0.1) is 11.9 Å². The van der Waals surface area contributed by atoms with Crippen LogP contribution in [-0.4, -0.2) is 46.5 Å². The average Bonchev–Trinajstić information content (AvgIpc) is 2.88.